The number of alkyl halides is 1. The highest BCUT2D eigenvalue weighted by Crippen LogP contribution is 2.24. The normalized spacial score (nSPS) is 11.9. The summed E-state index contributed by atoms with van der Waals surface area (Å²) in [4.78, 5) is 21.2. The Labute approximate surface area is 111 Å². The predicted molar refractivity (Wildman–Crippen MR) is 66.2 cm³/mol. The van der Waals surface area contributed by atoms with Crippen molar-refractivity contribution in [2.45, 2.75) is 11.8 Å². The molecular weight excluding hydrogens is 313 g/mol. The second-order valence-electron chi connectivity index (χ2n) is 3.23. The van der Waals surface area contributed by atoms with E-state index in [0.717, 1.165) is 0 Å². The Morgan fingerprint density at radius 2 is 2.29 bits per heavy atom. The van der Waals surface area contributed by atoms with Crippen molar-refractivity contribution in [3.05, 3.63) is 38.3 Å². The third-order valence-corrected chi connectivity index (χ3v) is 3.20. The number of carbonyl (C=O) groups excluding carboxylic acids is 1. The van der Waals surface area contributed by atoms with E-state index in [0.29, 0.717) is 10.0 Å². The van der Waals surface area contributed by atoms with Crippen molar-refractivity contribution in [2.24, 2.45) is 0 Å². The fourth-order valence-corrected chi connectivity index (χ4v) is 1.90. The van der Waals surface area contributed by atoms with Crippen LogP contribution in [0, 0.1) is 10.1 Å². The fourth-order valence-electron chi connectivity index (χ4n) is 1.24. The van der Waals surface area contributed by atoms with Gasteiger partial charge in [0.1, 0.15) is 5.38 Å². The Kier molecular flexibility index (Phi) is 4.89. The van der Waals surface area contributed by atoms with Crippen LogP contribution in [0.15, 0.2) is 22.7 Å². The molecule has 92 valence electrons. The van der Waals surface area contributed by atoms with Gasteiger partial charge in [-0.3, -0.25) is 14.9 Å². The maximum Gasteiger partial charge on any atom is 0.324 e. The zero-order chi connectivity index (χ0) is 13.0. The summed E-state index contributed by atoms with van der Waals surface area (Å²) in [5.74, 6) is -0.565. The average molecular weight is 323 g/mol. The molecule has 0 saturated carbocycles. The molecule has 17 heavy (non-hydrogen) atoms. The Hall–Kier alpha value is -1.14. The molecule has 1 aromatic rings. The molecule has 0 aliphatic heterocycles. The SMILES string of the molecule is COC(=O)C(Cl)Cc1cc([N+](=O)[O-])ccc1Br. The molecule has 1 rings (SSSR count). The van der Waals surface area contributed by atoms with Crippen molar-refractivity contribution < 1.29 is 14.5 Å². The molecule has 0 aliphatic carbocycles. The number of hydrogen-bond donors (Lipinski definition) is 0. The van der Waals surface area contributed by atoms with E-state index < -0.39 is 16.3 Å². The van der Waals surface area contributed by atoms with Crippen LogP contribution in [-0.4, -0.2) is 23.4 Å². The topological polar surface area (TPSA) is 69.4 Å². The standard InChI is InChI=1S/C10H9BrClNO4/c1-17-10(14)9(12)5-6-4-7(13(15)16)2-3-8(6)11/h2-4,9H,5H2,1H3. The molecule has 0 bridgehead atoms. The summed E-state index contributed by atoms with van der Waals surface area (Å²) in [7, 11) is 1.24. The predicted octanol–water partition coefficient (Wildman–Crippen LogP) is 2.68. The lowest BCUT2D eigenvalue weighted by Gasteiger charge is -2.08. The lowest BCUT2D eigenvalue weighted by molar-refractivity contribution is -0.384. The van der Waals surface area contributed by atoms with Crippen LogP contribution >= 0.6 is 27.5 Å². The van der Waals surface area contributed by atoms with Gasteiger partial charge in [-0.05, 0) is 11.6 Å². The average Bonchev–Trinajstić information content (AvgIpc) is 2.30. The monoisotopic (exact) mass is 321 g/mol. The van der Waals surface area contributed by atoms with Gasteiger partial charge in [0.15, 0.2) is 0 Å². The van der Waals surface area contributed by atoms with Gasteiger partial charge >= 0.3 is 5.97 Å². The van der Waals surface area contributed by atoms with Gasteiger partial charge < -0.3 is 4.74 Å². The molecule has 0 amide bonds. The van der Waals surface area contributed by atoms with Crippen LogP contribution in [0.5, 0.6) is 0 Å². The first kappa shape index (κ1) is 13.9. The summed E-state index contributed by atoms with van der Waals surface area (Å²) in [6.07, 6.45) is 0.163. The summed E-state index contributed by atoms with van der Waals surface area (Å²) in [6.45, 7) is 0. The van der Waals surface area contributed by atoms with Crippen molar-refractivity contribution >= 4 is 39.2 Å². The fraction of sp³-hybridized carbons (Fsp3) is 0.300. The summed E-state index contributed by atoms with van der Waals surface area (Å²) in [5.41, 5.74) is 0.543. The molecule has 0 N–H and O–H groups in total. The molecule has 0 fully saturated rings. The Balaban J connectivity index is 2.93. The second kappa shape index (κ2) is 5.97. The first-order valence-corrected chi connectivity index (χ1v) is 5.83. The number of carbonyl (C=O) groups is 1. The van der Waals surface area contributed by atoms with Gasteiger partial charge in [-0.1, -0.05) is 15.9 Å². The van der Waals surface area contributed by atoms with Gasteiger partial charge in [-0.15, -0.1) is 11.6 Å². The molecule has 7 heteroatoms. The highest BCUT2D eigenvalue weighted by Gasteiger charge is 2.19. The maximum absolute atomic E-state index is 11.1. The second-order valence-corrected chi connectivity index (χ2v) is 4.61. The minimum Gasteiger partial charge on any atom is -0.468 e. The summed E-state index contributed by atoms with van der Waals surface area (Å²) < 4.78 is 5.15. The van der Waals surface area contributed by atoms with Gasteiger partial charge in [0, 0.05) is 23.0 Å². The third kappa shape index (κ3) is 3.67. The van der Waals surface area contributed by atoms with Gasteiger partial charge in [0.25, 0.3) is 5.69 Å². The van der Waals surface area contributed by atoms with Gasteiger partial charge in [-0.25, -0.2) is 0 Å². The van der Waals surface area contributed by atoms with E-state index in [1.165, 1.54) is 19.2 Å². The molecule has 0 heterocycles. The minimum absolute atomic E-state index is 0.0445. The summed E-state index contributed by atoms with van der Waals surface area (Å²) in [5, 5.41) is 9.74. The molecule has 0 spiro atoms. The van der Waals surface area contributed by atoms with Crippen LogP contribution in [0.3, 0.4) is 0 Å². The van der Waals surface area contributed by atoms with Crippen LogP contribution in [0.1, 0.15) is 5.56 Å². The smallest absolute Gasteiger partial charge is 0.324 e. The molecule has 0 radical (unpaired) electrons. The number of benzene rings is 1. The Bertz CT molecular complexity index is 452. The van der Waals surface area contributed by atoms with Crippen LogP contribution in [-0.2, 0) is 16.0 Å². The molecule has 1 unspecified atom stereocenters. The minimum atomic E-state index is -0.863. The summed E-state index contributed by atoms with van der Waals surface area (Å²) in [6, 6.07) is 4.30. The van der Waals surface area contributed by atoms with Crippen molar-refractivity contribution in [1.82, 2.24) is 0 Å². The van der Waals surface area contributed by atoms with E-state index in [1.54, 1.807) is 6.07 Å². The van der Waals surface area contributed by atoms with Crippen molar-refractivity contribution in [1.29, 1.82) is 0 Å². The van der Waals surface area contributed by atoms with E-state index in [4.69, 9.17) is 11.6 Å². The third-order valence-electron chi connectivity index (χ3n) is 2.10. The highest BCUT2D eigenvalue weighted by atomic mass is 79.9. The van der Waals surface area contributed by atoms with E-state index in [-0.39, 0.29) is 12.1 Å². The van der Waals surface area contributed by atoms with E-state index >= 15 is 0 Å². The first-order valence-electron chi connectivity index (χ1n) is 4.60. The summed E-state index contributed by atoms with van der Waals surface area (Å²) >= 11 is 9.05. The lowest BCUT2D eigenvalue weighted by atomic mass is 10.1. The Morgan fingerprint density at radius 1 is 1.65 bits per heavy atom. The van der Waals surface area contributed by atoms with Gasteiger partial charge in [0.05, 0.1) is 12.0 Å². The number of halogens is 2. The van der Waals surface area contributed by atoms with Crippen LogP contribution in [0.4, 0.5) is 5.69 Å². The van der Waals surface area contributed by atoms with Crippen LogP contribution in [0.25, 0.3) is 0 Å². The van der Waals surface area contributed by atoms with Crippen molar-refractivity contribution in [3.63, 3.8) is 0 Å². The number of hydrogen-bond acceptors (Lipinski definition) is 4. The molecular formula is C10H9BrClNO4. The molecule has 0 aromatic heterocycles. The molecule has 1 aromatic carbocycles. The first-order chi connectivity index (χ1) is 7.95. The maximum atomic E-state index is 11.1. The number of nitro benzene ring substituents is 1. The van der Waals surface area contributed by atoms with E-state index in [1.807, 2.05) is 0 Å². The highest BCUT2D eigenvalue weighted by molar-refractivity contribution is 9.10. The number of nitro groups is 1. The van der Waals surface area contributed by atoms with Gasteiger partial charge in [0.2, 0.25) is 0 Å². The number of rotatable bonds is 4. The molecule has 1 atom stereocenters. The number of nitrogens with zero attached hydrogens (tertiary/aromatic N) is 1. The van der Waals surface area contributed by atoms with Crippen molar-refractivity contribution in [2.75, 3.05) is 7.11 Å². The van der Waals surface area contributed by atoms with Crippen LogP contribution < -0.4 is 0 Å². The van der Waals surface area contributed by atoms with Gasteiger partial charge in [-0.2, -0.15) is 0 Å². The Morgan fingerprint density at radius 3 is 2.82 bits per heavy atom. The van der Waals surface area contributed by atoms with E-state index in [2.05, 4.69) is 20.7 Å². The zero-order valence-electron chi connectivity index (χ0n) is 8.85. The quantitative estimate of drug-likeness (QED) is 0.370. The largest absolute Gasteiger partial charge is 0.468 e. The molecule has 0 saturated heterocycles. The lowest BCUT2D eigenvalue weighted by Crippen LogP contribution is -2.18. The number of methoxy groups -OCH3 is 1. The van der Waals surface area contributed by atoms with E-state index in [9.17, 15) is 14.9 Å². The zero-order valence-corrected chi connectivity index (χ0v) is 11.2. The number of non-ortho nitro benzene ring substituents is 1. The number of esters is 1. The number of ether oxygens (including phenoxy) is 1. The molecule has 5 nitrogen and oxygen atoms in total. The van der Waals surface area contributed by atoms with Crippen LogP contribution in [0.2, 0.25) is 0 Å². The molecule has 0 aliphatic rings. The van der Waals surface area contributed by atoms with Crippen molar-refractivity contribution in [3.8, 4) is 0 Å².